The van der Waals surface area contributed by atoms with Gasteiger partial charge in [0, 0.05) is 22.6 Å². The van der Waals surface area contributed by atoms with Crippen LogP contribution < -0.4 is 5.43 Å². The monoisotopic (exact) mass is 455 g/mol. The highest BCUT2D eigenvalue weighted by molar-refractivity contribution is 6.01. The van der Waals surface area contributed by atoms with Crippen molar-refractivity contribution in [2.75, 3.05) is 6.61 Å². The highest BCUT2D eigenvalue weighted by Gasteiger charge is 2.14. The fourth-order valence-corrected chi connectivity index (χ4v) is 3.93. The van der Waals surface area contributed by atoms with Crippen LogP contribution in [0.1, 0.15) is 44.6 Å². The third-order valence-corrected chi connectivity index (χ3v) is 5.56. The molecule has 0 saturated heterocycles. The molecule has 2 N–H and O–H groups in total. The molecule has 4 rings (SSSR count). The number of fused-ring (bicyclic) bond motifs is 1. The molecule has 0 aliphatic heterocycles. The maximum atomic E-state index is 12.6. The summed E-state index contributed by atoms with van der Waals surface area (Å²) < 4.78 is 7.10. The van der Waals surface area contributed by atoms with Crippen molar-refractivity contribution in [2.45, 2.75) is 20.8 Å². The van der Waals surface area contributed by atoms with Gasteiger partial charge in [0.2, 0.25) is 0 Å². The second kappa shape index (κ2) is 9.62. The Hall–Kier alpha value is -4.39. The smallest absolute Gasteiger partial charge is 0.338 e. The van der Waals surface area contributed by atoms with Crippen molar-refractivity contribution in [1.29, 1.82) is 0 Å². The Bertz CT molecular complexity index is 1420. The highest BCUT2D eigenvalue weighted by atomic mass is 16.5. The number of aromatic nitrogens is 1. The lowest BCUT2D eigenvalue weighted by atomic mass is 10.1. The molecule has 172 valence electrons. The summed E-state index contributed by atoms with van der Waals surface area (Å²) in [4.78, 5) is 24.7. The van der Waals surface area contributed by atoms with Crippen LogP contribution in [0.15, 0.2) is 71.8 Å². The van der Waals surface area contributed by atoms with Gasteiger partial charge in [0.25, 0.3) is 5.91 Å². The summed E-state index contributed by atoms with van der Waals surface area (Å²) in [5, 5.41) is 16.0. The first kappa shape index (κ1) is 22.8. The number of aromatic hydroxyl groups is 1. The van der Waals surface area contributed by atoms with E-state index in [1.54, 1.807) is 37.4 Å². The van der Waals surface area contributed by atoms with Crippen LogP contribution in [-0.4, -0.2) is 34.4 Å². The fourth-order valence-electron chi connectivity index (χ4n) is 3.93. The van der Waals surface area contributed by atoms with Crippen LogP contribution in [0.2, 0.25) is 0 Å². The topological polar surface area (TPSA) is 92.9 Å². The molecule has 1 amide bonds. The minimum absolute atomic E-state index is 0.106. The number of carbonyl (C=O) groups excluding carboxylic acids is 2. The summed E-state index contributed by atoms with van der Waals surface area (Å²) in [5.41, 5.74) is 6.58. The average molecular weight is 456 g/mol. The molecule has 0 radical (unpaired) electrons. The number of ether oxygens (including phenoxy) is 1. The van der Waals surface area contributed by atoms with Crippen molar-refractivity contribution in [2.24, 2.45) is 5.10 Å². The lowest BCUT2D eigenvalue weighted by molar-refractivity contribution is 0.0526. The van der Waals surface area contributed by atoms with Crippen LogP contribution in [-0.2, 0) is 4.74 Å². The van der Waals surface area contributed by atoms with Crippen molar-refractivity contribution >= 4 is 28.9 Å². The number of esters is 1. The van der Waals surface area contributed by atoms with E-state index >= 15 is 0 Å². The highest BCUT2D eigenvalue weighted by Crippen LogP contribution is 2.25. The van der Waals surface area contributed by atoms with Crippen LogP contribution in [0.4, 0.5) is 0 Å². The number of phenolic OH excluding ortho intramolecular Hbond substituents is 1. The number of carbonyl (C=O) groups is 2. The van der Waals surface area contributed by atoms with E-state index in [2.05, 4.69) is 10.5 Å². The third-order valence-electron chi connectivity index (χ3n) is 5.56. The van der Waals surface area contributed by atoms with E-state index in [1.165, 1.54) is 0 Å². The standard InChI is InChI=1S/C27H25N3O4/c1-4-34-27(33)21-10-7-11-23(13-21)30-17(2)12-22(18(30)3)16-28-29-26(32)24-14-19-8-5-6-9-20(19)15-25(24)31/h5-16,31H,4H2,1-3H3,(H,29,32). The van der Waals surface area contributed by atoms with Gasteiger partial charge in [0.05, 0.1) is 23.9 Å². The minimum atomic E-state index is -0.504. The molecule has 34 heavy (non-hydrogen) atoms. The third kappa shape index (κ3) is 4.54. The van der Waals surface area contributed by atoms with Gasteiger partial charge in [0.1, 0.15) is 5.75 Å². The predicted octanol–water partition coefficient (Wildman–Crippen LogP) is 4.89. The molecule has 7 nitrogen and oxygen atoms in total. The van der Waals surface area contributed by atoms with E-state index in [0.717, 1.165) is 33.4 Å². The molecule has 0 atom stereocenters. The number of nitrogens with zero attached hydrogens (tertiary/aromatic N) is 2. The molecule has 0 saturated carbocycles. The molecule has 0 unspecified atom stereocenters. The number of aryl methyl sites for hydroxylation is 1. The van der Waals surface area contributed by atoms with Gasteiger partial charge < -0.3 is 14.4 Å². The molecule has 1 heterocycles. The largest absolute Gasteiger partial charge is 0.507 e. The second-order valence-corrected chi connectivity index (χ2v) is 7.85. The molecule has 1 aromatic heterocycles. The maximum absolute atomic E-state index is 12.6. The Balaban J connectivity index is 1.55. The molecular weight excluding hydrogens is 430 g/mol. The lowest BCUT2D eigenvalue weighted by Gasteiger charge is -2.11. The number of rotatable bonds is 6. The zero-order valence-corrected chi connectivity index (χ0v) is 19.2. The van der Waals surface area contributed by atoms with Crippen LogP contribution in [0.25, 0.3) is 16.5 Å². The summed E-state index contributed by atoms with van der Waals surface area (Å²) in [6.07, 6.45) is 1.56. The molecule has 0 aliphatic rings. The van der Waals surface area contributed by atoms with E-state index < -0.39 is 5.91 Å². The number of benzene rings is 3. The zero-order valence-electron chi connectivity index (χ0n) is 19.2. The Morgan fingerprint density at radius 3 is 2.50 bits per heavy atom. The molecule has 3 aromatic carbocycles. The number of hydrazone groups is 1. The molecule has 7 heteroatoms. The molecule has 0 bridgehead atoms. The Kier molecular flexibility index (Phi) is 6.45. The van der Waals surface area contributed by atoms with Crippen molar-refractivity contribution in [3.05, 3.63) is 94.8 Å². The van der Waals surface area contributed by atoms with Gasteiger partial charge in [-0.3, -0.25) is 4.79 Å². The van der Waals surface area contributed by atoms with Gasteiger partial charge >= 0.3 is 5.97 Å². The van der Waals surface area contributed by atoms with Gasteiger partial charge in [-0.25, -0.2) is 10.2 Å². The van der Waals surface area contributed by atoms with E-state index in [9.17, 15) is 14.7 Å². The van der Waals surface area contributed by atoms with Crippen molar-refractivity contribution < 1.29 is 19.4 Å². The Morgan fingerprint density at radius 2 is 1.76 bits per heavy atom. The quantitative estimate of drug-likeness (QED) is 0.246. The lowest BCUT2D eigenvalue weighted by Crippen LogP contribution is -2.17. The SMILES string of the molecule is CCOC(=O)c1cccc(-n2c(C)cc(C=NNC(=O)c3cc4ccccc4cc3O)c2C)c1. The van der Waals surface area contributed by atoms with Crippen LogP contribution in [0, 0.1) is 13.8 Å². The summed E-state index contributed by atoms with van der Waals surface area (Å²) >= 11 is 0. The maximum Gasteiger partial charge on any atom is 0.338 e. The Labute approximate surface area is 197 Å². The van der Waals surface area contributed by atoms with E-state index in [4.69, 9.17) is 4.74 Å². The van der Waals surface area contributed by atoms with Gasteiger partial charge in [-0.1, -0.05) is 30.3 Å². The summed E-state index contributed by atoms with van der Waals surface area (Å²) in [6.45, 7) is 5.97. The number of phenols is 1. The zero-order chi connectivity index (χ0) is 24.2. The molecule has 0 aliphatic carbocycles. The van der Waals surface area contributed by atoms with E-state index in [1.807, 2.05) is 60.9 Å². The normalized spacial score (nSPS) is 11.1. The van der Waals surface area contributed by atoms with Crippen molar-refractivity contribution in [3.8, 4) is 11.4 Å². The predicted molar refractivity (Wildman–Crippen MR) is 132 cm³/mol. The van der Waals surface area contributed by atoms with Gasteiger partial charge in [-0.2, -0.15) is 5.10 Å². The van der Waals surface area contributed by atoms with Gasteiger partial charge in [-0.05, 0) is 67.9 Å². The fraction of sp³-hybridized carbons (Fsp3) is 0.148. The molecule has 4 aromatic rings. The number of hydrogen-bond donors (Lipinski definition) is 2. The summed E-state index contributed by atoms with van der Waals surface area (Å²) in [7, 11) is 0. The number of hydrogen-bond acceptors (Lipinski definition) is 5. The van der Waals surface area contributed by atoms with E-state index in [-0.39, 0.29) is 17.3 Å². The number of nitrogens with one attached hydrogen (secondary N) is 1. The first-order chi connectivity index (χ1) is 16.4. The van der Waals surface area contributed by atoms with Crippen molar-refractivity contribution in [1.82, 2.24) is 9.99 Å². The molecule has 0 fully saturated rings. The number of amides is 1. The van der Waals surface area contributed by atoms with Gasteiger partial charge in [-0.15, -0.1) is 0 Å². The van der Waals surface area contributed by atoms with Gasteiger partial charge in [0.15, 0.2) is 0 Å². The van der Waals surface area contributed by atoms with Crippen molar-refractivity contribution in [3.63, 3.8) is 0 Å². The summed E-state index contributed by atoms with van der Waals surface area (Å²) in [5.74, 6) is -0.977. The molecule has 0 spiro atoms. The Morgan fingerprint density at radius 1 is 1.03 bits per heavy atom. The van der Waals surface area contributed by atoms with E-state index in [0.29, 0.717) is 12.2 Å². The minimum Gasteiger partial charge on any atom is -0.507 e. The van der Waals surface area contributed by atoms with Crippen LogP contribution in [0.5, 0.6) is 5.75 Å². The van der Waals surface area contributed by atoms with Crippen LogP contribution >= 0.6 is 0 Å². The van der Waals surface area contributed by atoms with Crippen LogP contribution in [0.3, 0.4) is 0 Å². The first-order valence-corrected chi connectivity index (χ1v) is 10.9. The average Bonchev–Trinajstić information content (AvgIpc) is 3.11. The molecular formula is C27H25N3O4. The first-order valence-electron chi connectivity index (χ1n) is 10.9. The summed E-state index contributed by atoms with van der Waals surface area (Å²) in [6, 6.07) is 19.8. The second-order valence-electron chi connectivity index (χ2n) is 7.85.